The molecule has 156 valence electrons. The van der Waals surface area contributed by atoms with E-state index in [4.69, 9.17) is 4.74 Å². The summed E-state index contributed by atoms with van der Waals surface area (Å²) in [7, 11) is 1.37. The Hall–Kier alpha value is -3.26. The van der Waals surface area contributed by atoms with Gasteiger partial charge in [-0.05, 0) is 0 Å². The normalized spacial score (nSPS) is 12.5. The van der Waals surface area contributed by atoms with Gasteiger partial charge in [0.25, 0.3) is 0 Å². The monoisotopic (exact) mass is 428 g/mol. The zero-order chi connectivity index (χ0) is 21.8. The van der Waals surface area contributed by atoms with E-state index < -0.39 is 6.83 Å². The maximum atomic E-state index is 13.1. The minimum absolute atomic E-state index is 0.370. The van der Waals surface area contributed by atoms with Crippen LogP contribution >= 0.6 is 6.83 Å². The van der Waals surface area contributed by atoms with Gasteiger partial charge in [-0.3, -0.25) is 0 Å². The Bertz CT molecular complexity index is 1080. The summed E-state index contributed by atoms with van der Waals surface area (Å²) in [5.41, 5.74) is 1.35. The fourth-order valence-electron chi connectivity index (χ4n) is 4.24. The van der Waals surface area contributed by atoms with Crippen molar-refractivity contribution in [2.24, 2.45) is 0 Å². The van der Waals surface area contributed by atoms with Crippen LogP contribution in [0.1, 0.15) is 15.9 Å². The summed E-state index contributed by atoms with van der Waals surface area (Å²) in [4.78, 5) is 25.3. The van der Waals surface area contributed by atoms with Crippen molar-refractivity contribution >= 4 is 28.7 Å². The molecule has 0 bridgehead atoms. The van der Waals surface area contributed by atoms with Gasteiger partial charge in [0.2, 0.25) is 0 Å². The van der Waals surface area contributed by atoms with E-state index in [-0.39, 0.29) is 5.97 Å². The van der Waals surface area contributed by atoms with Crippen molar-refractivity contribution in [3.8, 4) is 0 Å². The van der Waals surface area contributed by atoms with Gasteiger partial charge in [0, 0.05) is 0 Å². The molecule has 31 heavy (non-hydrogen) atoms. The Kier molecular flexibility index (Phi) is 5.73. The Morgan fingerprint density at radius 1 is 0.710 bits per heavy atom. The molecule has 0 amide bonds. The van der Waals surface area contributed by atoms with Gasteiger partial charge in [-0.15, -0.1) is 0 Å². The second-order valence-electron chi connectivity index (χ2n) is 7.61. The molecular weight excluding hydrogens is 403 g/mol. The molecule has 4 heteroatoms. The molecule has 1 N–H and O–H groups in total. The summed E-state index contributed by atoms with van der Waals surface area (Å²) in [6, 6.07) is 37.0. The van der Waals surface area contributed by atoms with E-state index in [0.29, 0.717) is 11.7 Å². The van der Waals surface area contributed by atoms with Gasteiger partial charge < -0.3 is 0 Å². The second-order valence-corrected chi connectivity index (χ2v) is 12.0. The van der Waals surface area contributed by atoms with Gasteiger partial charge in [-0.1, -0.05) is 0 Å². The van der Waals surface area contributed by atoms with E-state index in [0.717, 1.165) is 21.5 Å². The summed E-state index contributed by atoms with van der Waals surface area (Å²) in [5.74, 6) is -0.390. The number of rotatable bonds is 6. The van der Waals surface area contributed by atoms with Crippen LogP contribution in [0, 0.1) is 0 Å². The molecule has 0 heterocycles. The fourth-order valence-corrected chi connectivity index (χ4v) is 9.03. The molecule has 0 atom stereocenters. The molecule has 0 spiro atoms. The molecule has 4 rings (SSSR count). The van der Waals surface area contributed by atoms with Crippen LogP contribution in [-0.4, -0.2) is 18.0 Å². The number of esters is 1. The Balaban J connectivity index is 2.03. The van der Waals surface area contributed by atoms with Crippen LogP contribution in [0.25, 0.3) is 0 Å². The molecule has 0 saturated carbocycles. The first-order chi connectivity index (χ1) is 15.1. The Labute approximate surface area is 183 Å². The van der Waals surface area contributed by atoms with Crippen LogP contribution < -0.4 is 15.9 Å². The zero-order valence-electron chi connectivity index (χ0n) is 17.4. The molecular formula is C27H25O3P. The first-order valence-corrected chi connectivity index (χ1v) is 12.5. The number of hydrogen-bond acceptors (Lipinski definition) is 3. The van der Waals surface area contributed by atoms with Crippen LogP contribution in [0.2, 0.25) is 0 Å². The number of carbonyl (C=O) groups excluding carboxylic acids is 1. The van der Waals surface area contributed by atoms with Crippen molar-refractivity contribution < 1.29 is 14.4 Å². The first-order valence-electron chi connectivity index (χ1n) is 10.2. The van der Waals surface area contributed by atoms with Crippen molar-refractivity contribution in [2.45, 2.75) is 6.16 Å². The quantitative estimate of drug-likeness (QED) is 0.366. The molecule has 0 aliphatic rings. The van der Waals surface area contributed by atoms with Crippen molar-refractivity contribution in [3.63, 3.8) is 0 Å². The molecule has 0 aromatic heterocycles. The predicted octanol–water partition coefficient (Wildman–Crippen LogP) is 4.41. The molecule has 0 fully saturated rings. The predicted molar refractivity (Wildman–Crippen MR) is 129 cm³/mol. The summed E-state index contributed by atoms with van der Waals surface area (Å²) in [5, 5.41) is 2.65. The number of benzene rings is 4. The maximum absolute atomic E-state index is 13.1. The van der Waals surface area contributed by atoms with Crippen LogP contribution in [0.4, 0.5) is 0 Å². The van der Waals surface area contributed by atoms with E-state index >= 15 is 0 Å². The summed E-state index contributed by atoms with van der Waals surface area (Å²) in [6.45, 7) is -3.90. The van der Waals surface area contributed by atoms with Gasteiger partial charge >= 0.3 is 183 Å². The summed E-state index contributed by atoms with van der Waals surface area (Å²) < 4.78 is 4.91. The van der Waals surface area contributed by atoms with Gasteiger partial charge in [-0.2, -0.15) is 0 Å². The van der Waals surface area contributed by atoms with Gasteiger partial charge in [0.05, 0.1) is 0 Å². The Morgan fingerprint density at radius 3 is 1.58 bits per heavy atom. The Morgan fingerprint density at radius 2 is 1.16 bits per heavy atom. The molecule has 0 saturated heterocycles. The van der Waals surface area contributed by atoms with E-state index in [2.05, 4.69) is 0 Å². The summed E-state index contributed by atoms with van der Waals surface area (Å²) >= 11 is 0. The van der Waals surface area contributed by atoms with Gasteiger partial charge in [0.1, 0.15) is 0 Å². The number of methoxy groups -OCH3 is 1. The van der Waals surface area contributed by atoms with Crippen LogP contribution in [0.3, 0.4) is 0 Å². The van der Waals surface area contributed by atoms with E-state index in [1.54, 1.807) is 6.07 Å². The standard InChI is InChI=1S/C27H25O3P/c1-30-27(28)23-13-11-12-22(20-23)21-31(29,24-14-5-2-6-15-24,25-16-7-3-8-17-25)26-18-9-4-10-19-26/h2-20,29H,21H2,1H3. The van der Waals surface area contributed by atoms with Gasteiger partial charge in [-0.25, -0.2) is 0 Å². The number of ether oxygens (including phenoxy) is 1. The molecule has 0 radical (unpaired) electrons. The average molecular weight is 428 g/mol. The second kappa shape index (κ2) is 8.47. The zero-order valence-corrected chi connectivity index (χ0v) is 18.3. The molecule has 0 unspecified atom stereocenters. The third kappa shape index (κ3) is 3.67. The molecule has 4 aromatic rings. The van der Waals surface area contributed by atoms with Gasteiger partial charge in [0.15, 0.2) is 0 Å². The van der Waals surface area contributed by atoms with Crippen LogP contribution in [0.5, 0.6) is 0 Å². The van der Waals surface area contributed by atoms with Crippen molar-refractivity contribution in [1.29, 1.82) is 0 Å². The molecule has 0 aliphatic heterocycles. The first kappa shape index (κ1) is 21.0. The molecule has 4 aromatic carbocycles. The topological polar surface area (TPSA) is 46.5 Å². The van der Waals surface area contributed by atoms with Crippen molar-refractivity contribution in [1.82, 2.24) is 0 Å². The fraction of sp³-hybridized carbons (Fsp3) is 0.0741. The van der Waals surface area contributed by atoms with Crippen LogP contribution in [-0.2, 0) is 10.9 Å². The summed E-state index contributed by atoms with van der Waals surface area (Å²) in [6.07, 6.45) is 0.370. The van der Waals surface area contributed by atoms with Crippen molar-refractivity contribution in [2.75, 3.05) is 7.11 Å². The number of hydrogen-bond donors (Lipinski definition) is 1. The average Bonchev–Trinajstić information content (AvgIpc) is 2.85. The minimum atomic E-state index is -3.90. The van der Waals surface area contributed by atoms with E-state index in [1.807, 2.05) is 109 Å². The molecule has 0 aliphatic carbocycles. The molecule has 3 nitrogen and oxygen atoms in total. The third-order valence-corrected chi connectivity index (χ3v) is 11.0. The SMILES string of the molecule is COC(=O)c1cccc(CP(O)(c2ccccc2)(c2ccccc2)c2ccccc2)c1. The number of carbonyl (C=O) groups is 1. The van der Waals surface area contributed by atoms with E-state index in [9.17, 15) is 9.69 Å². The third-order valence-electron chi connectivity index (χ3n) is 5.78. The van der Waals surface area contributed by atoms with Crippen LogP contribution in [0.15, 0.2) is 115 Å². The van der Waals surface area contributed by atoms with Crippen molar-refractivity contribution in [3.05, 3.63) is 126 Å². The van der Waals surface area contributed by atoms with E-state index in [1.165, 1.54) is 7.11 Å².